The Hall–Kier alpha value is -1.57. The van der Waals surface area contributed by atoms with E-state index in [9.17, 15) is 0 Å². The molecular weight excluding hydrogens is 388 g/mol. The van der Waals surface area contributed by atoms with Crippen molar-refractivity contribution in [3.8, 4) is 5.69 Å². The van der Waals surface area contributed by atoms with E-state index in [2.05, 4.69) is 65.7 Å². The lowest BCUT2D eigenvalue weighted by molar-refractivity contribution is -0.704. The van der Waals surface area contributed by atoms with Crippen LogP contribution in [0.5, 0.6) is 0 Å². The van der Waals surface area contributed by atoms with Gasteiger partial charge < -0.3 is 0 Å². The minimum absolute atomic E-state index is 1.17. The number of benzene rings is 1. The van der Waals surface area contributed by atoms with Gasteiger partial charge in [-0.3, -0.25) is 0 Å². The maximum absolute atomic E-state index is 2.54. The molecule has 0 unspecified atom stereocenters. The van der Waals surface area contributed by atoms with Gasteiger partial charge in [-0.2, -0.15) is 4.57 Å². The molecule has 1 aromatic carbocycles. The average Bonchev–Trinajstić information content (AvgIpc) is 3.23. The van der Waals surface area contributed by atoms with Crippen LogP contribution in [0.25, 0.3) is 5.69 Å². The molecule has 0 N–H and O–H groups in total. The molecule has 1 heterocycles. The average molecular weight is 440 g/mol. The Morgan fingerprint density at radius 2 is 1.09 bits per heavy atom. The zero-order valence-corrected chi connectivity index (χ0v) is 21.4. The lowest BCUT2D eigenvalue weighted by Crippen LogP contribution is -2.37. The Morgan fingerprint density at radius 1 is 0.594 bits per heavy atom. The highest BCUT2D eigenvalue weighted by Gasteiger charge is 2.18. The summed E-state index contributed by atoms with van der Waals surface area (Å²) in [7, 11) is 0. The van der Waals surface area contributed by atoms with Crippen molar-refractivity contribution in [2.24, 2.45) is 0 Å². The van der Waals surface area contributed by atoms with Gasteiger partial charge in [0.1, 0.15) is 18.1 Å². The van der Waals surface area contributed by atoms with E-state index in [-0.39, 0.29) is 0 Å². The van der Waals surface area contributed by atoms with Gasteiger partial charge in [-0.1, -0.05) is 122 Å². The largest absolute Gasteiger partial charge is 0.261 e. The normalized spacial score (nSPS) is 11.3. The Labute approximate surface area is 199 Å². The molecule has 0 aliphatic rings. The maximum Gasteiger partial charge on any atom is 0.261 e. The topological polar surface area (TPSA) is 8.81 Å². The molecule has 0 spiro atoms. The van der Waals surface area contributed by atoms with E-state index in [1.165, 1.54) is 134 Å². The number of para-hydroxylation sites is 1. The summed E-state index contributed by atoms with van der Waals surface area (Å²) in [6.07, 6.45) is 29.4. The van der Waals surface area contributed by atoms with Crippen LogP contribution in [0.4, 0.5) is 0 Å². The second-order valence-electron chi connectivity index (χ2n) is 9.67. The van der Waals surface area contributed by atoms with Crippen molar-refractivity contribution >= 4 is 0 Å². The van der Waals surface area contributed by atoms with E-state index in [0.717, 1.165) is 0 Å². The zero-order valence-electron chi connectivity index (χ0n) is 21.4. The van der Waals surface area contributed by atoms with E-state index >= 15 is 0 Å². The lowest BCUT2D eigenvalue weighted by Gasteiger charge is -2.06. The van der Waals surface area contributed by atoms with Crippen LogP contribution in [0.15, 0.2) is 42.7 Å². The molecule has 0 saturated carbocycles. The van der Waals surface area contributed by atoms with Gasteiger partial charge in [-0.05, 0) is 31.4 Å². The van der Waals surface area contributed by atoms with Crippen LogP contribution in [0, 0.1) is 0 Å². The fourth-order valence-electron chi connectivity index (χ4n) is 4.76. The zero-order chi connectivity index (χ0) is 22.7. The van der Waals surface area contributed by atoms with E-state index < -0.39 is 0 Å². The standard InChI is InChI=1S/C30H51N2/c1-3-5-7-9-11-12-13-15-17-22-26-31-27-28-32(29-23-19-18-20-24-29)30(31)25-21-16-14-10-8-6-4-2/h18-20,23-24,27-28H,3-17,21-22,25-26H2,1-2H3/q+1. The molecule has 0 radical (unpaired) electrons. The predicted molar refractivity (Wildman–Crippen MR) is 140 cm³/mol. The van der Waals surface area contributed by atoms with Crippen LogP contribution in [-0.2, 0) is 13.0 Å². The molecule has 2 rings (SSSR count). The molecule has 32 heavy (non-hydrogen) atoms. The van der Waals surface area contributed by atoms with Gasteiger partial charge in [0.2, 0.25) is 0 Å². The van der Waals surface area contributed by atoms with E-state index in [0.29, 0.717) is 0 Å². The lowest BCUT2D eigenvalue weighted by atomic mass is 10.1. The quantitative estimate of drug-likeness (QED) is 0.144. The third-order valence-corrected chi connectivity index (χ3v) is 6.80. The van der Waals surface area contributed by atoms with Gasteiger partial charge in [0.25, 0.3) is 5.82 Å². The molecule has 0 amide bonds. The molecule has 0 bridgehead atoms. The highest BCUT2D eigenvalue weighted by atomic mass is 15.1. The molecule has 0 atom stereocenters. The Morgan fingerprint density at radius 3 is 1.66 bits per heavy atom. The molecule has 2 heteroatoms. The van der Waals surface area contributed by atoms with Gasteiger partial charge in [0.05, 0.1) is 6.54 Å². The van der Waals surface area contributed by atoms with E-state index in [1.54, 1.807) is 0 Å². The molecule has 0 saturated heterocycles. The highest BCUT2D eigenvalue weighted by Crippen LogP contribution is 2.15. The Bertz CT molecular complexity index is 673. The molecule has 1 aromatic heterocycles. The van der Waals surface area contributed by atoms with Gasteiger partial charge in [0.15, 0.2) is 0 Å². The fourth-order valence-corrected chi connectivity index (χ4v) is 4.76. The smallest absolute Gasteiger partial charge is 0.234 e. The molecular formula is C30H51N2+. The summed E-state index contributed by atoms with van der Waals surface area (Å²) in [5, 5.41) is 0. The van der Waals surface area contributed by atoms with Crippen molar-refractivity contribution in [3.05, 3.63) is 48.5 Å². The van der Waals surface area contributed by atoms with Crippen molar-refractivity contribution in [2.75, 3.05) is 0 Å². The second-order valence-corrected chi connectivity index (χ2v) is 9.67. The van der Waals surface area contributed by atoms with Crippen LogP contribution < -0.4 is 4.57 Å². The molecule has 180 valence electrons. The third kappa shape index (κ3) is 10.8. The van der Waals surface area contributed by atoms with E-state index in [1.807, 2.05) is 0 Å². The SMILES string of the molecule is CCCCCCCCCCCC[n+]1ccn(-c2ccccc2)c1CCCCCCCCC. The maximum atomic E-state index is 2.54. The first-order valence-corrected chi connectivity index (χ1v) is 14.0. The monoisotopic (exact) mass is 439 g/mol. The van der Waals surface area contributed by atoms with Crippen LogP contribution in [0.3, 0.4) is 0 Å². The minimum Gasteiger partial charge on any atom is -0.234 e. The fraction of sp³-hybridized carbons (Fsp3) is 0.700. The van der Waals surface area contributed by atoms with Crippen molar-refractivity contribution in [1.29, 1.82) is 0 Å². The summed E-state index contributed by atoms with van der Waals surface area (Å²) in [5.74, 6) is 1.49. The first-order chi connectivity index (χ1) is 15.9. The van der Waals surface area contributed by atoms with Crippen molar-refractivity contribution in [3.63, 3.8) is 0 Å². The Kier molecular flexibility index (Phi) is 14.9. The number of hydrogen-bond acceptors (Lipinski definition) is 0. The molecule has 0 fully saturated rings. The summed E-state index contributed by atoms with van der Waals surface area (Å²) in [5.41, 5.74) is 1.30. The minimum atomic E-state index is 1.17. The first kappa shape index (κ1) is 26.7. The van der Waals surface area contributed by atoms with E-state index in [4.69, 9.17) is 0 Å². The van der Waals surface area contributed by atoms with Crippen LogP contribution in [0.2, 0.25) is 0 Å². The van der Waals surface area contributed by atoms with Gasteiger partial charge in [-0.15, -0.1) is 0 Å². The van der Waals surface area contributed by atoms with Gasteiger partial charge in [-0.25, -0.2) is 4.57 Å². The number of aryl methyl sites for hydroxylation is 1. The Balaban J connectivity index is 1.76. The predicted octanol–water partition coefficient (Wildman–Crippen LogP) is 8.98. The number of imidazole rings is 1. The summed E-state index contributed by atoms with van der Waals surface area (Å²) in [6, 6.07) is 10.9. The van der Waals surface area contributed by atoms with Crippen LogP contribution >= 0.6 is 0 Å². The first-order valence-electron chi connectivity index (χ1n) is 14.0. The van der Waals surface area contributed by atoms with Gasteiger partial charge >= 0.3 is 0 Å². The molecule has 2 nitrogen and oxygen atoms in total. The van der Waals surface area contributed by atoms with Crippen molar-refractivity contribution in [1.82, 2.24) is 4.57 Å². The second kappa shape index (κ2) is 17.9. The van der Waals surface area contributed by atoms with Crippen LogP contribution in [-0.4, -0.2) is 4.57 Å². The third-order valence-electron chi connectivity index (χ3n) is 6.80. The molecule has 0 aliphatic carbocycles. The van der Waals surface area contributed by atoms with Gasteiger partial charge in [0, 0.05) is 6.42 Å². The number of unbranched alkanes of at least 4 members (excludes halogenated alkanes) is 15. The molecule has 0 aliphatic heterocycles. The number of nitrogens with zero attached hydrogens (tertiary/aromatic N) is 2. The number of rotatable bonds is 20. The van der Waals surface area contributed by atoms with Crippen molar-refractivity contribution < 1.29 is 4.57 Å². The van der Waals surface area contributed by atoms with Crippen LogP contribution in [0.1, 0.15) is 129 Å². The summed E-state index contributed by atoms with van der Waals surface area (Å²) in [4.78, 5) is 0. The number of hydrogen-bond donors (Lipinski definition) is 0. The molecule has 2 aromatic rings. The summed E-state index contributed by atoms with van der Waals surface area (Å²) >= 11 is 0. The summed E-state index contributed by atoms with van der Waals surface area (Å²) < 4.78 is 4.96. The highest BCUT2D eigenvalue weighted by molar-refractivity contribution is 5.31. The van der Waals surface area contributed by atoms with Crippen molar-refractivity contribution in [2.45, 2.75) is 136 Å². The number of aromatic nitrogens is 2. The summed E-state index contributed by atoms with van der Waals surface area (Å²) in [6.45, 7) is 5.76.